The third-order valence-electron chi connectivity index (χ3n) is 3.35. The molecule has 0 spiro atoms. The molecular formula is C16H16FN3. The molecule has 2 heterocycles. The van der Waals surface area contributed by atoms with E-state index in [1.54, 1.807) is 12.1 Å². The molecule has 1 aromatic carbocycles. The summed E-state index contributed by atoms with van der Waals surface area (Å²) in [7, 11) is 0. The van der Waals surface area contributed by atoms with E-state index >= 15 is 0 Å². The molecular weight excluding hydrogens is 253 g/mol. The van der Waals surface area contributed by atoms with Crippen molar-refractivity contribution >= 4 is 5.65 Å². The van der Waals surface area contributed by atoms with E-state index in [9.17, 15) is 4.39 Å². The normalized spacial score (nSPS) is 12.7. The minimum atomic E-state index is -0.205. The van der Waals surface area contributed by atoms with Crippen LogP contribution < -0.4 is 5.32 Å². The number of benzene rings is 1. The van der Waals surface area contributed by atoms with Gasteiger partial charge < -0.3 is 9.72 Å². The third-order valence-corrected chi connectivity index (χ3v) is 3.35. The van der Waals surface area contributed by atoms with E-state index in [0.717, 1.165) is 16.9 Å². The Labute approximate surface area is 117 Å². The van der Waals surface area contributed by atoms with Gasteiger partial charge in [0.2, 0.25) is 0 Å². The molecule has 0 fully saturated rings. The van der Waals surface area contributed by atoms with Crippen molar-refractivity contribution in [2.24, 2.45) is 0 Å². The molecule has 0 saturated heterocycles. The van der Waals surface area contributed by atoms with Gasteiger partial charge in [0.05, 0.1) is 5.69 Å². The van der Waals surface area contributed by atoms with Gasteiger partial charge in [0.1, 0.15) is 11.5 Å². The second-order valence-corrected chi connectivity index (χ2v) is 4.86. The van der Waals surface area contributed by atoms with Crippen LogP contribution >= 0.6 is 0 Å². The summed E-state index contributed by atoms with van der Waals surface area (Å²) in [5.41, 5.74) is 2.84. The zero-order valence-corrected chi connectivity index (χ0v) is 11.3. The van der Waals surface area contributed by atoms with Gasteiger partial charge in [-0.1, -0.05) is 18.2 Å². The Kier molecular flexibility index (Phi) is 3.48. The molecule has 0 saturated carbocycles. The van der Waals surface area contributed by atoms with Gasteiger partial charge in [-0.3, -0.25) is 0 Å². The predicted octanol–water partition coefficient (Wildman–Crippen LogP) is 3.32. The molecule has 2 aromatic heterocycles. The number of pyridine rings is 1. The van der Waals surface area contributed by atoms with Crippen molar-refractivity contribution in [1.82, 2.24) is 14.7 Å². The van der Waals surface area contributed by atoms with Gasteiger partial charge in [-0.15, -0.1) is 0 Å². The van der Waals surface area contributed by atoms with Crippen LogP contribution in [0, 0.1) is 5.82 Å². The zero-order chi connectivity index (χ0) is 13.9. The molecule has 0 unspecified atom stereocenters. The highest BCUT2D eigenvalue weighted by molar-refractivity contribution is 5.39. The molecule has 20 heavy (non-hydrogen) atoms. The van der Waals surface area contributed by atoms with Gasteiger partial charge in [0, 0.05) is 25.0 Å². The summed E-state index contributed by atoms with van der Waals surface area (Å²) < 4.78 is 15.2. The Morgan fingerprint density at radius 1 is 1.25 bits per heavy atom. The Balaban J connectivity index is 1.69. The lowest BCUT2D eigenvalue weighted by Crippen LogP contribution is -2.18. The van der Waals surface area contributed by atoms with Crippen LogP contribution in [0.15, 0.2) is 54.9 Å². The van der Waals surface area contributed by atoms with Crippen molar-refractivity contribution in [3.63, 3.8) is 0 Å². The lowest BCUT2D eigenvalue weighted by Gasteiger charge is -2.13. The number of fused-ring (bicyclic) bond motifs is 1. The maximum atomic E-state index is 13.2. The van der Waals surface area contributed by atoms with Crippen molar-refractivity contribution in [3.8, 4) is 0 Å². The first-order valence-corrected chi connectivity index (χ1v) is 6.64. The standard InChI is InChI=1S/C16H16FN3/c1-12(13-5-4-6-14(17)9-13)18-10-15-11-20-8-3-2-7-16(20)19-15/h2-9,11-12,18H,10H2,1H3/t12-/m1/s1. The fraction of sp³-hybridized carbons (Fsp3) is 0.188. The second kappa shape index (κ2) is 5.43. The van der Waals surface area contributed by atoms with Gasteiger partial charge >= 0.3 is 0 Å². The van der Waals surface area contributed by atoms with Crippen molar-refractivity contribution in [3.05, 3.63) is 71.9 Å². The van der Waals surface area contributed by atoms with Crippen molar-refractivity contribution in [2.45, 2.75) is 19.5 Å². The number of halogens is 1. The third kappa shape index (κ3) is 2.70. The minimum absolute atomic E-state index is 0.0792. The van der Waals surface area contributed by atoms with E-state index in [1.807, 2.05) is 48.0 Å². The molecule has 0 aliphatic rings. The predicted molar refractivity (Wildman–Crippen MR) is 76.8 cm³/mol. The number of imidazole rings is 1. The highest BCUT2D eigenvalue weighted by Crippen LogP contribution is 2.14. The highest BCUT2D eigenvalue weighted by atomic mass is 19.1. The number of aromatic nitrogens is 2. The van der Waals surface area contributed by atoms with Crippen molar-refractivity contribution in [2.75, 3.05) is 0 Å². The van der Waals surface area contributed by atoms with Crippen LogP contribution in [0.5, 0.6) is 0 Å². The molecule has 0 amide bonds. The molecule has 4 heteroatoms. The monoisotopic (exact) mass is 269 g/mol. The summed E-state index contributed by atoms with van der Waals surface area (Å²) in [6.45, 7) is 2.67. The van der Waals surface area contributed by atoms with E-state index in [1.165, 1.54) is 6.07 Å². The maximum absolute atomic E-state index is 13.2. The Hall–Kier alpha value is -2.20. The lowest BCUT2D eigenvalue weighted by molar-refractivity contribution is 0.560. The molecule has 102 valence electrons. The summed E-state index contributed by atoms with van der Waals surface area (Å²) in [6.07, 6.45) is 3.97. The Morgan fingerprint density at radius 2 is 2.15 bits per heavy atom. The first kappa shape index (κ1) is 12.8. The summed E-state index contributed by atoms with van der Waals surface area (Å²) >= 11 is 0. The minimum Gasteiger partial charge on any atom is -0.307 e. The van der Waals surface area contributed by atoms with E-state index in [4.69, 9.17) is 0 Å². The number of nitrogens with zero attached hydrogens (tertiary/aromatic N) is 2. The van der Waals surface area contributed by atoms with Crippen LogP contribution in [0.2, 0.25) is 0 Å². The largest absolute Gasteiger partial charge is 0.307 e. The van der Waals surface area contributed by atoms with Gasteiger partial charge in [-0.2, -0.15) is 0 Å². The molecule has 3 rings (SSSR count). The van der Waals surface area contributed by atoms with E-state index in [0.29, 0.717) is 6.54 Å². The number of nitrogens with one attached hydrogen (secondary N) is 1. The Bertz CT molecular complexity index is 687. The number of hydrogen-bond donors (Lipinski definition) is 1. The summed E-state index contributed by atoms with van der Waals surface area (Å²) in [6, 6.07) is 12.7. The SMILES string of the molecule is C[C@@H](NCc1cn2ccccc2n1)c1cccc(F)c1. The highest BCUT2D eigenvalue weighted by Gasteiger charge is 2.07. The smallest absolute Gasteiger partial charge is 0.137 e. The van der Waals surface area contributed by atoms with Gasteiger partial charge in [0.25, 0.3) is 0 Å². The van der Waals surface area contributed by atoms with Gasteiger partial charge in [-0.05, 0) is 36.8 Å². The van der Waals surface area contributed by atoms with Gasteiger partial charge in [-0.25, -0.2) is 9.37 Å². The molecule has 0 bridgehead atoms. The average molecular weight is 269 g/mol. The lowest BCUT2D eigenvalue weighted by atomic mass is 10.1. The summed E-state index contributed by atoms with van der Waals surface area (Å²) in [5.74, 6) is -0.205. The van der Waals surface area contributed by atoms with Crippen LogP contribution in [0.25, 0.3) is 5.65 Å². The molecule has 1 N–H and O–H groups in total. The summed E-state index contributed by atoms with van der Waals surface area (Å²) in [4.78, 5) is 4.52. The summed E-state index contributed by atoms with van der Waals surface area (Å²) in [5, 5.41) is 3.36. The van der Waals surface area contributed by atoms with Gasteiger partial charge in [0.15, 0.2) is 0 Å². The maximum Gasteiger partial charge on any atom is 0.137 e. The van der Waals surface area contributed by atoms with E-state index in [-0.39, 0.29) is 11.9 Å². The molecule has 3 aromatic rings. The first-order chi connectivity index (χ1) is 9.72. The molecule has 0 aliphatic carbocycles. The fourth-order valence-corrected chi connectivity index (χ4v) is 2.22. The topological polar surface area (TPSA) is 29.3 Å². The van der Waals surface area contributed by atoms with Crippen molar-refractivity contribution < 1.29 is 4.39 Å². The average Bonchev–Trinajstić information content (AvgIpc) is 2.87. The van der Waals surface area contributed by atoms with Crippen LogP contribution in [0.4, 0.5) is 4.39 Å². The van der Waals surface area contributed by atoms with Crippen molar-refractivity contribution in [1.29, 1.82) is 0 Å². The van der Waals surface area contributed by atoms with Crippen LogP contribution in [-0.4, -0.2) is 9.38 Å². The quantitative estimate of drug-likeness (QED) is 0.787. The van der Waals surface area contributed by atoms with Crippen LogP contribution in [0.1, 0.15) is 24.2 Å². The second-order valence-electron chi connectivity index (χ2n) is 4.86. The Morgan fingerprint density at radius 3 is 2.95 bits per heavy atom. The van der Waals surface area contributed by atoms with E-state index < -0.39 is 0 Å². The van der Waals surface area contributed by atoms with Crippen LogP contribution in [-0.2, 0) is 6.54 Å². The molecule has 3 nitrogen and oxygen atoms in total. The fourth-order valence-electron chi connectivity index (χ4n) is 2.22. The molecule has 0 radical (unpaired) electrons. The molecule has 0 aliphatic heterocycles. The number of hydrogen-bond acceptors (Lipinski definition) is 2. The number of rotatable bonds is 4. The zero-order valence-electron chi connectivity index (χ0n) is 11.3. The molecule has 1 atom stereocenters. The van der Waals surface area contributed by atoms with Crippen LogP contribution in [0.3, 0.4) is 0 Å². The first-order valence-electron chi connectivity index (χ1n) is 6.64. The van der Waals surface area contributed by atoms with E-state index in [2.05, 4.69) is 10.3 Å².